The highest BCUT2D eigenvalue weighted by Gasteiger charge is 2.08. The highest BCUT2D eigenvalue weighted by Crippen LogP contribution is 2.29. The first kappa shape index (κ1) is 18.9. The smallest absolute Gasteiger partial charge is 0.315 e. The normalized spacial score (nSPS) is 11.1. The van der Waals surface area contributed by atoms with Crippen molar-refractivity contribution in [2.24, 2.45) is 0 Å². The van der Waals surface area contributed by atoms with Crippen LogP contribution in [0.3, 0.4) is 0 Å². The van der Waals surface area contributed by atoms with Gasteiger partial charge < -0.3 is 15.0 Å². The van der Waals surface area contributed by atoms with Crippen LogP contribution in [0.15, 0.2) is 42.0 Å². The monoisotopic (exact) mass is 431 g/mol. The Morgan fingerprint density at radius 1 is 1.18 bits per heavy atom. The molecule has 4 heterocycles. The molecule has 0 spiro atoms. The van der Waals surface area contributed by atoms with E-state index in [9.17, 15) is 4.79 Å². The van der Waals surface area contributed by atoms with Gasteiger partial charge in [-0.3, -0.25) is 0 Å². The number of urea groups is 1. The van der Waals surface area contributed by atoms with Crippen LogP contribution in [-0.4, -0.2) is 26.9 Å². The number of nitrogens with zero attached hydrogens (tertiary/aromatic N) is 3. The molecule has 0 bridgehead atoms. The van der Waals surface area contributed by atoms with Crippen molar-refractivity contribution < 1.29 is 4.79 Å². The van der Waals surface area contributed by atoms with Crippen LogP contribution in [0.4, 0.5) is 4.79 Å². The molecule has 0 unspecified atom stereocenters. The van der Waals surface area contributed by atoms with Crippen molar-refractivity contribution in [1.82, 2.24) is 25.0 Å². The van der Waals surface area contributed by atoms with Crippen LogP contribution in [0.5, 0.6) is 0 Å². The second-order valence-electron chi connectivity index (χ2n) is 6.22. The number of thiazole rings is 1. The number of hydrogen-bond acceptors (Lipinski definition) is 5. The highest BCUT2D eigenvalue weighted by atomic mass is 35.5. The Balaban J connectivity index is 1.24. The third-order valence-electron chi connectivity index (χ3n) is 4.08. The summed E-state index contributed by atoms with van der Waals surface area (Å²) in [6.45, 7) is 2.94. The fraction of sp³-hybridized carbons (Fsp3) is 0.211. The number of fused-ring (bicyclic) bond motifs is 1. The molecule has 0 fully saturated rings. The fourth-order valence-electron chi connectivity index (χ4n) is 2.76. The van der Waals surface area contributed by atoms with Crippen molar-refractivity contribution in [3.05, 3.63) is 62.6 Å². The van der Waals surface area contributed by atoms with Crippen molar-refractivity contribution in [3.63, 3.8) is 0 Å². The number of carbonyl (C=O) groups excluding carboxylic acids is 1. The average Bonchev–Trinajstić information content (AvgIpc) is 3.39. The topological polar surface area (TPSA) is 71.3 Å². The molecule has 6 nitrogen and oxygen atoms in total. The number of halogens is 1. The number of amides is 2. The predicted octanol–water partition coefficient (Wildman–Crippen LogP) is 4.52. The molecule has 9 heteroatoms. The molecule has 0 aliphatic rings. The van der Waals surface area contributed by atoms with Crippen LogP contribution in [0.25, 0.3) is 16.2 Å². The molecule has 0 saturated carbocycles. The van der Waals surface area contributed by atoms with Gasteiger partial charge in [-0.2, -0.15) is 0 Å². The summed E-state index contributed by atoms with van der Waals surface area (Å²) >= 11 is 9.34. The molecule has 2 N–H and O–H groups in total. The Bertz CT molecular complexity index is 1120. The van der Waals surface area contributed by atoms with E-state index in [-0.39, 0.29) is 6.03 Å². The van der Waals surface area contributed by atoms with Crippen LogP contribution in [0.2, 0.25) is 5.02 Å². The summed E-state index contributed by atoms with van der Waals surface area (Å²) < 4.78 is 1.84. The maximum atomic E-state index is 12.0. The SMILES string of the molecule is Cc1nc(-c2ccc(CCNC(=O)NCc3cn4cc(Cl)ccc4n3)s2)cs1. The van der Waals surface area contributed by atoms with E-state index in [0.717, 1.165) is 33.3 Å². The van der Waals surface area contributed by atoms with E-state index >= 15 is 0 Å². The Morgan fingerprint density at radius 2 is 2.07 bits per heavy atom. The van der Waals surface area contributed by atoms with Gasteiger partial charge in [0.2, 0.25) is 0 Å². The van der Waals surface area contributed by atoms with Gasteiger partial charge in [0.25, 0.3) is 0 Å². The fourth-order valence-corrected chi connectivity index (χ4v) is 4.59. The molecule has 28 heavy (non-hydrogen) atoms. The molecule has 0 aliphatic heterocycles. The zero-order valence-corrected chi connectivity index (χ0v) is 17.5. The minimum absolute atomic E-state index is 0.206. The Morgan fingerprint density at radius 3 is 2.89 bits per heavy atom. The van der Waals surface area contributed by atoms with Gasteiger partial charge in [-0.05, 0) is 37.6 Å². The summed E-state index contributed by atoms with van der Waals surface area (Å²) in [6, 6.07) is 7.61. The van der Waals surface area contributed by atoms with Gasteiger partial charge in [0.15, 0.2) is 0 Å². The molecule has 0 aliphatic carbocycles. The van der Waals surface area contributed by atoms with Crippen molar-refractivity contribution in [2.45, 2.75) is 19.9 Å². The molecule has 0 atom stereocenters. The zero-order valence-electron chi connectivity index (χ0n) is 15.1. The van der Waals surface area contributed by atoms with Crippen LogP contribution in [0.1, 0.15) is 15.6 Å². The van der Waals surface area contributed by atoms with Gasteiger partial charge in [0.05, 0.1) is 32.8 Å². The lowest BCUT2D eigenvalue weighted by atomic mass is 10.3. The van der Waals surface area contributed by atoms with Crippen molar-refractivity contribution in [1.29, 1.82) is 0 Å². The number of thiophene rings is 1. The van der Waals surface area contributed by atoms with Gasteiger partial charge in [-0.1, -0.05) is 11.6 Å². The predicted molar refractivity (Wildman–Crippen MR) is 114 cm³/mol. The molecule has 2 amide bonds. The molecular weight excluding hydrogens is 414 g/mol. The molecule has 4 aromatic rings. The van der Waals surface area contributed by atoms with E-state index in [1.165, 1.54) is 4.88 Å². The molecule has 4 aromatic heterocycles. The molecule has 4 rings (SSSR count). The summed E-state index contributed by atoms with van der Waals surface area (Å²) in [5, 5.41) is 9.50. The number of pyridine rings is 1. The minimum Gasteiger partial charge on any atom is -0.338 e. The number of carbonyl (C=O) groups is 1. The third kappa shape index (κ3) is 4.52. The van der Waals surface area contributed by atoms with Gasteiger partial charge in [0.1, 0.15) is 5.65 Å². The Labute approximate surface area is 175 Å². The van der Waals surface area contributed by atoms with Crippen LogP contribution < -0.4 is 10.6 Å². The van der Waals surface area contributed by atoms with Gasteiger partial charge in [-0.15, -0.1) is 22.7 Å². The minimum atomic E-state index is -0.206. The molecule has 0 radical (unpaired) electrons. The van der Waals surface area contributed by atoms with Crippen molar-refractivity contribution in [3.8, 4) is 10.6 Å². The average molecular weight is 432 g/mol. The number of hydrogen-bond donors (Lipinski definition) is 2. The molecule has 0 saturated heterocycles. The van der Waals surface area contributed by atoms with E-state index in [4.69, 9.17) is 11.6 Å². The van der Waals surface area contributed by atoms with E-state index in [2.05, 4.69) is 38.1 Å². The van der Waals surface area contributed by atoms with E-state index in [1.54, 1.807) is 34.9 Å². The lowest BCUT2D eigenvalue weighted by molar-refractivity contribution is 0.240. The Hall–Kier alpha value is -2.42. The quantitative estimate of drug-likeness (QED) is 0.471. The molecule has 0 aromatic carbocycles. The van der Waals surface area contributed by atoms with Gasteiger partial charge in [-0.25, -0.2) is 14.8 Å². The largest absolute Gasteiger partial charge is 0.338 e. The number of imidazole rings is 1. The first-order chi connectivity index (χ1) is 13.6. The summed E-state index contributed by atoms with van der Waals surface area (Å²) in [6.07, 6.45) is 4.43. The van der Waals surface area contributed by atoms with Crippen molar-refractivity contribution in [2.75, 3.05) is 6.54 Å². The standard InChI is InChI=1S/C19H18ClN5OS2/c1-12-23-16(11-27-12)17-4-3-15(28-17)6-7-21-19(26)22-8-14-10-25-9-13(20)2-5-18(25)24-14/h2-5,9-11H,6-8H2,1H3,(H2,21,22,26). The molecule has 144 valence electrons. The second kappa shape index (κ2) is 8.30. The summed E-state index contributed by atoms with van der Waals surface area (Å²) in [5.74, 6) is 0. The second-order valence-corrected chi connectivity index (χ2v) is 8.89. The van der Waals surface area contributed by atoms with E-state index in [0.29, 0.717) is 18.1 Å². The zero-order chi connectivity index (χ0) is 19.5. The van der Waals surface area contributed by atoms with Gasteiger partial charge >= 0.3 is 6.03 Å². The van der Waals surface area contributed by atoms with E-state index < -0.39 is 0 Å². The van der Waals surface area contributed by atoms with Crippen molar-refractivity contribution >= 4 is 46.0 Å². The summed E-state index contributed by atoms with van der Waals surface area (Å²) in [4.78, 5) is 23.4. The number of aryl methyl sites for hydroxylation is 1. The summed E-state index contributed by atoms with van der Waals surface area (Å²) in [5.41, 5.74) is 2.60. The number of aromatic nitrogens is 3. The summed E-state index contributed by atoms with van der Waals surface area (Å²) in [7, 11) is 0. The van der Waals surface area contributed by atoms with Gasteiger partial charge in [0, 0.05) is 29.2 Å². The Kier molecular flexibility index (Phi) is 5.61. The van der Waals surface area contributed by atoms with Crippen LogP contribution >= 0.6 is 34.3 Å². The number of nitrogens with one attached hydrogen (secondary N) is 2. The first-order valence-electron chi connectivity index (χ1n) is 8.73. The third-order valence-corrected chi connectivity index (χ3v) is 6.25. The van der Waals surface area contributed by atoms with Crippen LogP contribution in [0, 0.1) is 6.92 Å². The van der Waals surface area contributed by atoms with Crippen LogP contribution in [-0.2, 0) is 13.0 Å². The van der Waals surface area contributed by atoms with E-state index in [1.807, 2.05) is 23.6 Å². The number of rotatable bonds is 6. The lowest BCUT2D eigenvalue weighted by Gasteiger charge is -2.05. The molecular formula is C19H18ClN5OS2. The maximum Gasteiger partial charge on any atom is 0.315 e. The lowest BCUT2D eigenvalue weighted by Crippen LogP contribution is -2.36. The highest BCUT2D eigenvalue weighted by molar-refractivity contribution is 7.16. The first-order valence-corrected chi connectivity index (χ1v) is 10.8. The maximum absolute atomic E-state index is 12.0.